The number of pyridine rings is 2. The first kappa shape index (κ1) is 17.4. The molecular formula is C21H18N4OS. The first-order chi connectivity index (χ1) is 13.0. The Morgan fingerprint density at radius 1 is 1.30 bits per heavy atom. The fourth-order valence-corrected chi connectivity index (χ4v) is 4.25. The number of nitrogens with two attached hydrogens (primary N) is 1. The predicted molar refractivity (Wildman–Crippen MR) is 110 cm³/mol. The molecule has 0 saturated heterocycles. The first-order valence-electron chi connectivity index (χ1n) is 8.69. The van der Waals surface area contributed by atoms with E-state index in [1.165, 1.54) is 11.3 Å². The molecule has 5 nitrogen and oxygen atoms in total. The fraction of sp³-hybridized carbons (Fsp3) is 0.190. The Bertz CT molecular complexity index is 1260. The Hall–Kier alpha value is -3.01. The minimum Gasteiger partial charge on any atom is -0.330 e. The van der Waals surface area contributed by atoms with Crippen LogP contribution in [0.5, 0.6) is 0 Å². The zero-order chi connectivity index (χ0) is 19.1. The Kier molecular flexibility index (Phi) is 4.27. The number of fused-ring (bicyclic) bond motifs is 3. The van der Waals surface area contributed by atoms with Gasteiger partial charge >= 0.3 is 0 Å². The SMILES string of the molecule is Cc1nc(C#N)c(-c2ccc([C@@H](C)CN)cc2)c2c1[nH]c(=O)c1sccc12. The zero-order valence-corrected chi connectivity index (χ0v) is 15.9. The van der Waals surface area contributed by atoms with E-state index in [-0.39, 0.29) is 11.5 Å². The van der Waals surface area contributed by atoms with Gasteiger partial charge in [0.15, 0.2) is 0 Å². The van der Waals surface area contributed by atoms with Gasteiger partial charge in [-0.05, 0) is 42.0 Å². The highest BCUT2D eigenvalue weighted by molar-refractivity contribution is 7.17. The predicted octanol–water partition coefficient (Wildman–Crippen LogP) is 4.05. The molecule has 0 amide bonds. The number of nitrogens with one attached hydrogen (secondary N) is 1. The van der Waals surface area contributed by atoms with Crippen molar-refractivity contribution in [3.63, 3.8) is 0 Å². The van der Waals surface area contributed by atoms with E-state index in [9.17, 15) is 10.1 Å². The molecule has 0 saturated carbocycles. The third-order valence-corrected chi connectivity index (χ3v) is 5.90. The zero-order valence-electron chi connectivity index (χ0n) is 15.0. The van der Waals surface area contributed by atoms with Gasteiger partial charge in [-0.2, -0.15) is 5.26 Å². The van der Waals surface area contributed by atoms with Gasteiger partial charge in [-0.1, -0.05) is 31.2 Å². The number of aryl methyl sites for hydroxylation is 1. The van der Waals surface area contributed by atoms with Crippen molar-refractivity contribution in [1.29, 1.82) is 5.26 Å². The van der Waals surface area contributed by atoms with E-state index >= 15 is 0 Å². The summed E-state index contributed by atoms with van der Waals surface area (Å²) in [6, 6.07) is 12.2. The smallest absolute Gasteiger partial charge is 0.266 e. The lowest BCUT2D eigenvalue weighted by molar-refractivity contribution is 0.774. The van der Waals surface area contributed by atoms with Crippen LogP contribution in [-0.2, 0) is 0 Å². The number of benzene rings is 1. The molecule has 0 spiro atoms. The molecule has 0 aliphatic rings. The molecule has 3 N–H and O–H groups in total. The number of hydrogen-bond acceptors (Lipinski definition) is 5. The highest BCUT2D eigenvalue weighted by Gasteiger charge is 2.19. The van der Waals surface area contributed by atoms with Gasteiger partial charge in [0.2, 0.25) is 0 Å². The molecule has 0 unspecified atom stereocenters. The molecule has 27 heavy (non-hydrogen) atoms. The molecule has 0 fully saturated rings. The number of thiophene rings is 1. The topological polar surface area (TPSA) is 95.6 Å². The van der Waals surface area contributed by atoms with E-state index in [0.29, 0.717) is 28.1 Å². The van der Waals surface area contributed by atoms with Gasteiger partial charge in [0.05, 0.1) is 11.2 Å². The number of nitriles is 1. The van der Waals surface area contributed by atoms with E-state index in [0.717, 1.165) is 27.5 Å². The summed E-state index contributed by atoms with van der Waals surface area (Å²) in [7, 11) is 0. The van der Waals surface area contributed by atoms with Gasteiger partial charge < -0.3 is 10.7 Å². The Balaban J connectivity index is 2.10. The lowest BCUT2D eigenvalue weighted by Crippen LogP contribution is -2.09. The highest BCUT2D eigenvalue weighted by Crippen LogP contribution is 2.37. The van der Waals surface area contributed by atoms with Crippen molar-refractivity contribution < 1.29 is 0 Å². The van der Waals surface area contributed by atoms with Crippen LogP contribution in [0.15, 0.2) is 40.5 Å². The number of aromatic amines is 1. The number of H-pyrrole nitrogens is 1. The largest absolute Gasteiger partial charge is 0.330 e. The highest BCUT2D eigenvalue weighted by atomic mass is 32.1. The summed E-state index contributed by atoms with van der Waals surface area (Å²) < 4.78 is 0.659. The third-order valence-electron chi connectivity index (χ3n) is 4.99. The summed E-state index contributed by atoms with van der Waals surface area (Å²) in [6.45, 7) is 4.47. The maximum absolute atomic E-state index is 12.4. The van der Waals surface area contributed by atoms with E-state index in [2.05, 4.69) is 23.0 Å². The first-order valence-corrected chi connectivity index (χ1v) is 9.57. The van der Waals surface area contributed by atoms with Crippen LogP contribution in [0.1, 0.15) is 29.8 Å². The second-order valence-corrected chi connectivity index (χ2v) is 7.58. The number of rotatable bonds is 3. The summed E-state index contributed by atoms with van der Waals surface area (Å²) in [5.41, 5.74) is 10.1. The maximum Gasteiger partial charge on any atom is 0.266 e. The summed E-state index contributed by atoms with van der Waals surface area (Å²) >= 11 is 1.40. The third kappa shape index (κ3) is 2.72. The Morgan fingerprint density at radius 2 is 2.04 bits per heavy atom. The normalized spacial score (nSPS) is 12.4. The van der Waals surface area contributed by atoms with Gasteiger partial charge in [0.1, 0.15) is 16.5 Å². The second kappa shape index (κ2) is 6.62. The molecule has 3 heterocycles. The van der Waals surface area contributed by atoms with E-state index in [1.807, 2.05) is 42.6 Å². The summed E-state index contributed by atoms with van der Waals surface area (Å²) in [6.07, 6.45) is 0. The van der Waals surface area contributed by atoms with Crippen molar-refractivity contribution in [3.8, 4) is 17.2 Å². The molecule has 1 aromatic carbocycles. The van der Waals surface area contributed by atoms with Gasteiger partial charge in [-0.25, -0.2) is 4.98 Å². The van der Waals surface area contributed by atoms with E-state index in [1.54, 1.807) is 0 Å². The van der Waals surface area contributed by atoms with Gasteiger partial charge in [-0.3, -0.25) is 4.79 Å². The molecule has 0 radical (unpaired) electrons. The Labute approximate surface area is 160 Å². The average molecular weight is 374 g/mol. The van der Waals surface area contributed by atoms with Crippen molar-refractivity contribution in [2.24, 2.45) is 5.73 Å². The summed E-state index contributed by atoms with van der Waals surface area (Å²) in [5.74, 6) is 0.266. The van der Waals surface area contributed by atoms with Crippen LogP contribution in [-0.4, -0.2) is 16.5 Å². The van der Waals surface area contributed by atoms with Crippen molar-refractivity contribution in [3.05, 3.63) is 63.0 Å². The number of nitrogens with zero attached hydrogens (tertiary/aromatic N) is 2. The van der Waals surface area contributed by atoms with Crippen LogP contribution in [0.3, 0.4) is 0 Å². The fourth-order valence-electron chi connectivity index (χ4n) is 3.45. The summed E-state index contributed by atoms with van der Waals surface area (Å²) in [5, 5.41) is 13.3. The Morgan fingerprint density at radius 3 is 2.70 bits per heavy atom. The average Bonchev–Trinajstić information content (AvgIpc) is 3.18. The van der Waals surface area contributed by atoms with Crippen LogP contribution < -0.4 is 11.3 Å². The molecule has 0 bridgehead atoms. The number of aromatic nitrogens is 2. The molecule has 4 rings (SSSR count). The van der Waals surface area contributed by atoms with Crippen molar-refractivity contribution >= 4 is 32.3 Å². The molecule has 4 aromatic rings. The summed E-state index contributed by atoms with van der Waals surface area (Å²) in [4.78, 5) is 19.8. The molecule has 134 valence electrons. The van der Waals surface area contributed by atoms with Gasteiger partial charge in [0.25, 0.3) is 5.56 Å². The van der Waals surface area contributed by atoms with Crippen LogP contribution in [0.2, 0.25) is 0 Å². The molecule has 0 aliphatic carbocycles. The van der Waals surface area contributed by atoms with E-state index < -0.39 is 0 Å². The second-order valence-electron chi connectivity index (χ2n) is 6.66. The van der Waals surface area contributed by atoms with Crippen LogP contribution in [0.4, 0.5) is 0 Å². The quantitative estimate of drug-likeness (QED) is 0.565. The maximum atomic E-state index is 12.4. The van der Waals surface area contributed by atoms with Crippen molar-refractivity contribution in [2.45, 2.75) is 19.8 Å². The van der Waals surface area contributed by atoms with E-state index in [4.69, 9.17) is 5.73 Å². The van der Waals surface area contributed by atoms with Crippen molar-refractivity contribution in [2.75, 3.05) is 6.54 Å². The lowest BCUT2D eigenvalue weighted by atomic mass is 9.93. The van der Waals surface area contributed by atoms with Crippen LogP contribution in [0, 0.1) is 18.3 Å². The molecular weight excluding hydrogens is 356 g/mol. The van der Waals surface area contributed by atoms with Crippen LogP contribution >= 0.6 is 11.3 Å². The lowest BCUT2D eigenvalue weighted by Gasteiger charge is -2.14. The molecule has 6 heteroatoms. The molecule has 1 atom stereocenters. The van der Waals surface area contributed by atoms with Crippen LogP contribution in [0.25, 0.3) is 32.1 Å². The van der Waals surface area contributed by atoms with Gasteiger partial charge in [0, 0.05) is 16.3 Å². The minimum absolute atomic E-state index is 0.125. The molecule has 0 aliphatic heterocycles. The van der Waals surface area contributed by atoms with Gasteiger partial charge in [-0.15, -0.1) is 11.3 Å². The van der Waals surface area contributed by atoms with Crippen molar-refractivity contribution in [1.82, 2.24) is 9.97 Å². The standard InChI is InChI=1S/C21H18N4OS/c1-11(9-22)13-3-5-14(6-4-13)17-16(10-23)24-12(2)19-18(17)15-7-8-27-20(15)21(26)25-19/h3-8,11H,9,22H2,1-2H3,(H,25,26)/t11-/m0/s1. The monoisotopic (exact) mass is 374 g/mol. The molecule has 3 aromatic heterocycles. The minimum atomic E-state index is -0.125. The number of hydrogen-bond donors (Lipinski definition) is 2.